The highest BCUT2D eigenvalue weighted by Gasteiger charge is 2.14. The maximum atomic E-state index is 11.4. The second-order valence-electron chi connectivity index (χ2n) is 5.63. The van der Waals surface area contributed by atoms with Crippen LogP contribution in [0.2, 0.25) is 0 Å². The highest BCUT2D eigenvalue weighted by Crippen LogP contribution is 2.07. The summed E-state index contributed by atoms with van der Waals surface area (Å²) in [4.78, 5) is 11.4. The summed E-state index contributed by atoms with van der Waals surface area (Å²) in [7, 11) is 0. The Morgan fingerprint density at radius 2 is 2.21 bits per heavy atom. The Hall–Kier alpha value is -1.78. The van der Waals surface area contributed by atoms with E-state index >= 15 is 0 Å². The van der Waals surface area contributed by atoms with Crippen LogP contribution in [0.1, 0.15) is 46.2 Å². The molecule has 1 N–H and O–H groups in total. The van der Waals surface area contributed by atoms with E-state index in [4.69, 9.17) is 4.74 Å². The van der Waals surface area contributed by atoms with Crippen molar-refractivity contribution in [1.82, 2.24) is 15.1 Å². The molecule has 0 radical (unpaired) electrons. The van der Waals surface area contributed by atoms with Gasteiger partial charge in [0.1, 0.15) is 5.60 Å². The van der Waals surface area contributed by atoms with Crippen molar-refractivity contribution in [3.05, 3.63) is 24.0 Å². The summed E-state index contributed by atoms with van der Waals surface area (Å²) in [5.74, 6) is 0. The van der Waals surface area contributed by atoms with Crippen molar-refractivity contribution in [2.75, 3.05) is 6.54 Å². The minimum Gasteiger partial charge on any atom is -0.444 e. The van der Waals surface area contributed by atoms with E-state index in [0.717, 1.165) is 5.56 Å². The number of carbonyl (C=O) groups is 1. The molecular formula is C14H23N3O2. The van der Waals surface area contributed by atoms with E-state index in [0.29, 0.717) is 12.6 Å². The van der Waals surface area contributed by atoms with E-state index in [9.17, 15) is 4.79 Å². The van der Waals surface area contributed by atoms with Gasteiger partial charge in [0.2, 0.25) is 0 Å². The quantitative estimate of drug-likeness (QED) is 0.910. The Morgan fingerprint density at radius 3 is 2.74 bits per heavy atom. The van der Waals surface area contributed by atoms with Gasteiger partial charge in [-0.05, 0) is 34.6 Å². The number of hydrogen-bond donors (Lipinski definition) is 1. The fourth-order valence-electron chi connectivity index (χ4n) is 1.37. The number of nitrogens with zero attached hydrogens (tertiary/aromatic N) is 2. The standard InChI is InChI=1S/C14H23N3O2/c1-11(2)17-10-12(9-16-17)7-6-8-15-13(18)19-14(3,4)5/h6-7,9-11H,8H2,1-5H3,(H,15,18). The Morgan fingerprint density at radius 1 is 1.53 bits per heavy atom. The van der Waals surface area contributed by atoms with Gasteiger partial charge in [-0.1, -0.05) is 12.2 Å². The molecule has 1 amide bonds. The number of ether oxygens (including phenoxy) is 1. The zero-order valence-electron chi connectivity index (χ0n) is 12.3. The van der Waals surface area contributed by atoms with Gasteiger partial charge >= 0.3 is 6.09 Å². The molecule has 1 heterocycles. The molecule has 1 aromatic heterocycles. The summed E-state index contributed by atoms with van der Waals surface area (Å²) in [5.41, 5.74) is 0.548. The Bertz CT molecular complexity index is 442. The van der Waals surface area contributed by atoms with Crippen molar-refractivity contribution in [3.8, 4) is 0 Å². The van der Waals surface area contributed by atoms with Crippen LogP contribution in [0, 0.1) is 0 Å². The number of hydrogen-bond acceptors (Lipinski definition) is 3. The number of nitrogens with one attached hydrogen (secondary N) is 1. The molecule has 0 aliphatic heterocycles. The predicted molar refractivity (Wildman–Crippen MR) is 75.9 cm³/mol. The van der Waals surface area contributed by atoms with Crippen molar-refractivity contribution >= 4 is 12.2 Å². The molecule has 0 atom stereocenters. The van der Waals surface area contributed by atoms with Gasteiger partial charge in [-0.15, -0.1) is 0 Å². The highest BCUT2D eigenvalue weighted by atomic mass is 16.6. The summed E-state index contributed by atoms with van der Waals surface area (Å²) in [6.45, 7) is 10.1. The molecule has 106 valence electrons. The van der Waals surface area contributed by atoms with Crippen LogP contribution in [0.5, 0.6) is 0 Å². The van der Waals surface area contributed by atoms with Gasteiger partial charge in [0.25, 0.3) is 0 Å². The van der Waals surface area contributed by atoms with Crippen molar-refractivity contribution < 1.29 is 9.53 Å². The Labute approximate surface area is 114 Å². The first kappa shape index (κ1) is 15.3. The largest absolute Gasteiger partial charge is 0.444 e. The minimum atomic E-state index is -0.466. The summed E-state index contributed by atoms with van der Waals surface area (Å²) in [5, 5.41) is 6.90. The fourth-order valence-corrected chi connectivity index (χ4v) is 1.37. The van der Waals surface area contributed by atoms with Gasteiger partial charge in [0.05, 0.1) is 6.20 Å². The number of amides is 1. The molecule has 0 aliphatic carbocycles. The molecule has 19 heavy (non-hydrogen) atoms. The maximum absolute atomic E-state index is 11.4. The SMILES string of the molecule is CC(C)n1cc(C=CCNC(=O)OC(C)(C)C)cn1. The van der Waals surface area contributed by atoms with E-state index in [1.165, 1.54) is 0 Å². The molecule has 0 saturated carbocycles. The number of rotatable bonds is 4. The average Bonchev–Trinajstić information content (AvgIpc) is 2.70. The van der Waals surface area contributed by atoms with Gasteiger partial charge in [-0.3, -0.25) is 4.68 Å². The van der Waals surface area contributed by atoms with Gasteiger partial charge < -0.3 is 10.1 Å². The van der Waals surface area contributed by atoms with Crippen LogP contribution >= 0.6 is 0 Å². The third kappa shape index (κ3) is 6.08. The molecule has 1 aromatic rings. The highest BCUT2D eigenvalue weighted by molar-refractivity contribution is 5.68. The fraction of sp³-hybridized carbons (Fsp3) is 0.571. The first-order valence-electron chi connectivity index (χ1n) is 6.45. The van der Waals surface area contributed by atoms with Crippen LogP contribution < -0.4 is 5.32 Å². The van der Waals surface area contributed by atoms with Gasteiger partial charge in [-0.25, -0.2) is 4.79 Å². The second kappa shape index (κ2) is 6.41. The van der Waals surface area contributed by atoms with Crippen molar-refractivity contribution in [2.24, 2.45) is 0 Å². The summed E-state index contributed by atoms with van der Waals surface area (Å²) >= 11 is 0. The lowest BCUT2D eigenvalue weighted by atomic mass is 10.2. The first-order chi connectivity index (χ1) is 8.78. The Balaban J connectivity index is 2.36. The van der Waals surface area contributed by atoms with E-state index in [2.05, 4.69) is 24.3 Å². The predicted octanol–water partition coefficient (Wildman–Crippen LogP) is 3.00. The third-order valence-electron chi connectivity index (χ3n) is 2.22. The van der Waals surface area contributed by atoms with Crippen LogP contribution in [0.4, 0.5) is 4.79 Å². The molecular weight excluding hydrogens is 242 g/mol. The third-order valence-corrected chi connectivity index (χ3v) is 2.22. The van der Waals surface area contributed by atoms with E-state index < -0.39 is 11.7 Å². The van der Waals surface area contributed by atoms with E-state index in [1.54, 1.807) is 6.20 Å². The molecule has 0 spiro atoms. The second-order valence-corrected chi connectivity index (χ2v) is 5.63. The first-order valence-corrected chi connectivity index (χ1v) is 6.45. The zero-order chi connectivity index (χ0) is 14.5. The summed E-state index contributed by atoms with van der Waals surface area (Å²) in [6.07, 6.45) is 7.14. The molecule has 0 saturated heterocycles. The summed E-state index contributed by atoms with van der Waals surface area (Å²) in [6, 6.07) is 0.349. The van der Waals surface area contributed by atoms with Crippen LogP contribution in [0.15, 0.2) is 18.5 Å². The maximum Gasteiger partial charge on any atom is 0.407 e. The zero-order valence-corrected chi connectivity index (χ0v) is 12.3. The molecule has 5 heteroatoms. The molecule has 0 aromatic carbocycles. The van der Waals surface area contributed by atoms with Crippen molar-refractivity contribution in [2.45, 2.75) is 46.3 Å². The van der Waals surface area contributed by atoms with E-state index in [1.807, 2.05) is 43.8 Å². The van der Waals surface area contributed by atoms with Gasteiger partial charge in [0.15, 0.2) is 0 Å². The minimum absolute atomic E-state index is 0.349. The van der Waals surface area contributed by atoms with Crippen molar-refractivity contribution in [3.63, 3.8) is 0 Å². The number of carbonyl (C=O) groups excluding carboxylic acids is 1. The smallest absolute Gasteiger partial charge is 0.407 e. The normalized spacial score (nSPS) is 12.1. The van der Waals surface area contributed by atoms with Gasteiger partial charge in [0, 0.05) is 24.3 Å². The number of aromatic nitrogens is 2. The van der Waals surface area contributed by atoms with Gasteiger partial charge in [-0.2, -0.15) is 5.10 Å². The lowest BCUT2D eigenvalue weighted by Gasteiger charge is -2.19. The van der Waals surface area contributed by atoms with Crippen LogP contribution in [-0.2, 0) is 4.74 Å². The Kier molecular flexibility index (Phi) is 5.15. The lowest BCUT2D eigenvalue weighted by molar-refractivity contribution is 0.0534. The van der Waals surface area contributed by atoms with Crippen LogP contribution in [0.3, 0.4) is 0 Å². The molecule has 1 rings (SSSR count). The van der Waals surface area contributed by atoms with Crippen LogP contribution in [-0.4, -0.2) is 28.0 Å². The summed E-state index contributed by atoms with van der Waals surface area (Å²) < 4.78 is 7.02. The monoisotopic (exact) mass is 265 g/mol. The average molecular weight is 265 g/mol. The molecule has 0 fully saturated rings. The molecule has 0 aliphatic rings. The van der Waals surface area contributed by atoms with Crippen LogP contribution in [0.25, 0.3) is 6.08 Å². The number of alkyl carbamates (subject to hydrolysis) is 1. The topological polar surface area (TPSA) is 56.2 Å². The molecule has 5 nitrogen and oxygen atoms in total. The van der Waals surface area contributed by atoms with Crippen molar-refractivity contribution in [1.29, 1.82) is 0 Å². The van der Waals surface area contributed by atoms with E-state index in [-0.39, 0.29) is 0 Å². The lowest BCUT2D eigenvalue weighted by Crippen LogP contribution is -2.32. The molecule has 0 unspecified atom stereocenters. The molecule has 0 bridgehead atoms.